The average molecular weight is 479 g/mol. The third-order valence-electron chi connectivity index (χ3n) is 7.01. The van der Waals surface area contributed by atoms with Crippen LogP contribution in [0, 0.1) is 12.8 Å². The van der Waals surface area contributed by atoms with Gasteiger partial charge in [-0.25, -0.2) is 8.42 Å². The number of carbonyl (C=O) groups excluding carboxylic acids is 1. The quantitative estimate of drug-likeness (QED) is 0.649. The van der Waals surface area contributed by atoms with E-state index in [0.29, 0.717) is 45.2 Å². The maximum absolute atomic E-state index is 13.5. The van der Waals surface area contributed by atoms with E-state index in [-0.39, 0.29) is 18.4 Å². The van der Waals surface area contributed by atoms with Crippen molar-refractivity contribution in [3.05, 3.63) is 16.8 Å². The first-order valence-electron chi connectivity index (χ1n) is 11.7. The van der Waals surface area contributed by atoms with Crippen LogP contribution in [0.1, 0.15) is 68.1 Å². The number of aryl methyl sites for hydroxylation is 1. The molecule has 2 aromatic heterocycles. The highest BCUT2D eigenvalue weighted by atomic mass is 32.2. The molecule has 0 bridgehead atoms. The number of piperidine rings is 2. The highest BCUT2D eigenvalue weighted by molar-refractivity contribution is 7.89. The number of nitrogens with zero attached hydrogens (tertiary/aromatic N) is 4. The molecule has 3 fully saturated rings. The van der Waals surface area contributed by atoms with Crippen LogP contribution in [-0.2, 0) is 14.8 Å². The second-order valence-corrected chi connectivity index (χ2v) is 12.4. The molecule has 2 aromatic rings. The molecule has 2 aliphatic heterocycles. The van der Waals surface area contributed by atoms with Crippen LogP contribution >= 0.6 is 11.3 Å². The lowest BCUT2D eigenvalue weighted by molar-refractivity contribution is -0.137. The van der Waals surface area contributed by atoms with Crippen LogP contribution in [0.4, 0.5) is 0 Å². The molecular weight excluding hydrogens is 448 g/mol. The molecular formula is C22H30N4O4S2. The summed E-state index contributed by atoms with van der Waals surface area (Å²) in [5.41, 5.74) is 0. The van der Waals surface area contributed by atoms with Crippen LogP contribution in [0.3, 0.4) is 0 Å². The minimum atomic E-state index is -3.69. The Morgan fingerprint density at radius 2 is 1.88 bits per heavy atom. The molecule has 1 amide bonds. The van der Waals surface area contributed by atoms with Crippen LogP contribution in [-0.4, -0.2) is 59.8 Å². The first-order chi connectivity index (χ1) is 15.4. The number of aromatic nitrogens is 2. The average Bonchev–Trinajstić information content (AvgIpc) is 3.40. The number of amides is 1. The van der Waals surface area contributed by atoms with Gasteiger partial charge in [0.15, 0.2) is 0 Å². The third kappa shape index (κ3) is 4.12. The third-order valence-corrected chi connectivity index (χ3v) is 10.2. The molecule has 174 valence electrons. The number of hydrogen-bond acceptors (Lipinski definition) is 7. The zero-order valence-corrected chi connectivity index (χ0v) is 20.1. The smallest absolute Gasteiger partial charge is 0.244 e. The standard InChI is InChI=1S/C22H30N4O4S2/c1-15-19(13-18(31-15)20-23-21(30-24-20)16-7-5-8-16)32(28,29)26-12-6-9-17(14-26)22(27)25-10-3-2-4-11-25/h13,16-17H,2-12,14H2,1H3/t17-/m1/s1. The number of sulfonamides is 1. The van der Waals surface area contributed by atoms with Gasteiger partial charge >= 0.3 is 0 Å². The monoisotopic (exact) mass is 478 g/mol. The van der Waals surface area contributed by atoms with E-state index < -0.39 is 10.0 Å². The second kappa shape index (κ2) is 8.87. The molecule has 8 nitrogen and oxygen atoms in total. The topological polar surface area (TPSA) is 96.6 Å². The Morgan fingerprint density at radius 1 is 1.09 bits per heavy atom. The second-order valence-electron chi connectivity index (χ2n) is 9.20. The Hall–Kier alpha value is -1.78. The molecule has 4 heterocycles. The number of hydrogen-bond donors (Lipinski definition) is 0. The van der Waals surface area contributed by atoms with E-state index in [9.17, 15) is 13.2 Å². The Labute approximate surface area is 193 Å². The fraction of sp³-hybridized carbons (Fsp3) is 0.682. The summed E-state index contributed by atoms with van der Waals surface area (Å²) < 4.78 is 33.9. The molecule has 1 atom stereocenters. The van der Waals surface area contributed by atoms with Crippen molar-refractivity contribution in [2.45, 2.75) is 69.1 Å². The largest absolute Gasteiger partial charge is 0.342 e. The van der Waals surface area contributed by atoms with Gasteiger partial charge in [-0.2, -0.15) is 9.29 Å². The van der Waals surface area contributed by atoms with Crippen LogP contribution in [0.15, 0.2) is 15.5 Å². The number of thiophene rings is 1. The van der Waals surface area contributed by atoms with Crippen LogP contribution < -0.4 is 0 Å². The van der Waals surface area contributed by atoms with Crippen molar-refractivity contribution in [1.29, 1.82) is 0 Å². The van der Waals surface area contributed by atoms with Crippen molar-refractivity contribution in [2.75, 3.05) is 26.2 Å². The van der Waals surface area contributed by atoms with Gasteiger partial charge in [0.25, 0.3) is 0 Å². The maximum atomic E-state index is 13.5. The molecule has 3 aliphatic rings. The summed E-state index contributed by atoms with van der Waals surface area (Å²) >= 11 is 1.37. The summed E-state index contributed by atoms with van der Waals surface area (Å²) in [6, 6.07) is 1.67. The predicted molar refractivity (Wildman–Crippen MR) is 121 cm³/mol. The summed E-state index contributed by atoms with van der Waals surface area (Å²) in [4.78, 5) is 21.1. The minimum Gasteiger partial charge on any atom is -0.342 e. The fourth-order valence-corrected chi connectivity index (χ4v) is 7.87. The highest BCUT2D eigenvalue weighted by Gasteiger charge is 2.37. The van der Waals surface area contributed by atoms with Crippen molar-refractivity contribution in [2.24, 2.45) is 5.92 Å². The Kier molecular flexibility index (Phi) is 6.11. The van der Waals surface area contributed by atoms with Crippen molar-refractivity contribution in [3.63, 3.8) is 0 Å². The number of carbonyl (C=O) groups is 1. The van der Waals surface area contributed by atoms with Crippen molar-refractivity contribution in [1.82, 2.24) is 19.3 Å². The zero-order valence-electron chi connectivity index (χ0n) is 18.5. The fourth-order valence-electron chi connectivity index (χ4n) is 4.86. The van der Waals surface area contributed by atoms with Gasteiger partial charge in [0.1, 0.15) is 0 Å². The van der Waals surface area contributed by atoms with Gasteiger partial charge in [-0.1, -0.05) is 11.6 Å². The van der Waals surface area contributed by atoms with Gasteiger partial charge in [0, 0.05) is 37.0 Å². The van der Waals surface area contributed by atoms with Crippen molar-refractivity contribution in [3.8, 4) is 10.7 Å². The highest BCUT2D eigenvalue weighted by Crippen LogP contribution is 2.38. The first kappa shape index (κ1) is 22.0. The van der Waals surface area contributed by atoms with Gasteiger partial charge in [0.05, 0.1) is 15.7 Å². The molecule has 1 saturated carbocycles. The van der Waals surface area contributed by atoms with Crippen LogP contribution in [0.25, 0.3) is 10.7 Å². The van der Waals surface area contributed by atoms with Crippen LogP contribution in [0.2, 0.25) is 0 Å². The molecule has 0 aromatic carbocycles. The van der Waals surface area contributed by atoms with Gasteiger partial charge in [-0.3, -0.25) is 4.79 Å². The van der Waals surface area contributed by atoms with Gasteiger partial charge < -0.3 is 9.42 Å². The normalized spacial score (nSPS) is 23.3. The Balaban J connectivity index is 1.33. The maximum Gasteiger partial charge on any atom is 0.244 e. The number of rotatable bonds is 5. The van der Waals surface area contributed by atoms with E-state index in [1.165, 1.54) is 22.1 Å². The van der Waals surface area contributed by atoms with E-state index in [1.807, 2.05) is 11.8 Å². The molecule has 1 aliphatic carbocycles. The Morgan fingerprint density at radius 3 is 2.59 bits per heavy atom. The summed E-state index contributed by atoms with van der Waals surface area (Å²) in [5.74, 6) is 1.30. The molecule has 10 heteroatoms. The number of likely N-dealkylation sites (tertiary alicyclic amines) is 1. The first-order valence-corrected chi connectivity index (χ1v) is 13.9. The zero-order chi connectivity index (χ0) is 22.3. The van der Waals surface area contributed by atoms with E-state index in [2.05, 4.69) is 10.1 Å². The molecule has 2 saturated heterocycles. The SMILES string of the molecule is Cc1sc(-c2noc(C3CCC3)n2)cc1S(=O)(=O)N1CCC[C@@H](C(=O)N2CCCCC2)C1. The minimum absolute atomic E-state index is 0.114. The summed E-state index contributed by atoms with van der Waals surface area (Å²) in [5, 5.41) is 4.09. The molecule has 0 N–H and O–H groups in total. The summed E-state index contributed by atoms with van der Waals surface area (Å²) in [6.07, 6.45) is 8.01. The lowest BCUT2D eigenvalue weighted by Crippen LogP contribution is -2.47. The van der Waals surface area contributed by atoms with E-state index in [0.717, 1.165) is 51.6 Å². The van der Waals surface area contributed by atoms with Crippen LogP contribution in [0.5, 0.6) is 0 Å². The molecule has 32 heavy (non-hydrogen) atoms. The van der Waals surface area contributed by atoms with Gasteiger partial charge in [-0.15, -0.1) is 11.3 Å². The lowest BCUT2D eigenvalue weighted by Gasteiger charge is -2.35. The lowest BCUT2D eigenvalue weighted by atomic mass is 9.85. The van der Waals surface area contributed by atoms with Gasteiger partial charge in [-0.05, 0) is 57.9 Å². The van der Waals surface area contributed by atoms with Crippen molar-refractivity contribution >= 4 is 27.3 Å². The van der Waals surface area contributed by atoms with E-state index in [1.54, 1.807) is 6.07 Å². The predicted octanol–water partition coefficient (Wildman–Crippen LogP) is 3.79. The molecule has 0 unspecified atom stereocenters. The van der Waals surface area contributed by atoms with E-state index in [4.69, 9.17) is 4.52 Å². The molecule has 0 radical (unpaired) electrons. The summed E-state index contributed by atoms with van der Waals surface area (Å²) in [7, 11) is -3.69. The van der Waals surface area contributed by atoms with Crippen molar-refractivity contribution < 1.29 is 17.7 Å². The summed E-state index contributed by atoms with van der Waals surface area (Å²) in [6.45, 7) is 4.11. The van der Waals surface area contributed by atoms with E-state index >= 15 is 0 Å². The molecule has 5 rings (SSSR count). The van der Waals surface area contributed by atoms with Gasteiger partial charge in [0.2, 0.25) is 27.6 Å². The Bertz CT molecular complexity index is 1080. The molecule has 0 spiro atoms.